The van der Waals surface area contributed by atoms with Crippen LogP contribution in [0.1, 0.15) is 71.6 Å². The predicted molar refractivity (Wildman–Crippen MR) is 73.0 cm³/mol. The van der Waals surface area contributed by atoms with Gasteiger partial charge in [0.25, 0.3) is 0 Å². The Labute approximate surface area is 106 Å². The van der Waals surface area contributed by atoms with Crippen molar-refractivity contribution in [3.05, 3.63) is 12.7 Å². The second kappa shape index (κ2) is 11.7. The Balaban J connectivity index is 3.62. The average molecular weight is 240 g/mol. The molecule has 0 radical (unpaired) electrons. The van der Waals surface area contributed by atoms with Crippen LogP contribution < -0.4 is 0 Å². The molecule has 0 spiro atoms. The van der Waals surface area contributed by atoms with E-state index in [-0.39, 0.29) is 12.1 Å². The molecule has 0 amide bonds. The number of ether oxygens (including phenoxy) is 1. The zero-order valence-corrected chi connectivity index (χ0v) is 11.5. The topological polar surface area (TPSA) is 26.3 Å². The van der Waals surface area contributed by atoms with E-state index in [2.05, 4.69) is 20.4 Å². The van der Waals surface area contributed by atoms with Crippen molar-refractivity contribution >= 4 is 5.97 Å². The minimum absolute atomic E-state index is 0.0941. The lowest BCUT2D eigenvalue weighted by atomic mass is 10.0. The quantitative estimate of drug-likeness (QED) is 0.299. The van der Waals surface area contributed by atoms with Gasteiger partial charge in [0.15, 0.2) is 0 Å². The van der Waals surface area contributed by atoms with Gasteiger partial charge in [-0.05, 0) is 19.3 Å². The molecule has 2 heteroatoms. The predicted octanol–water partition coefficient (Wildman–Crippen LogP) is 4.63. The lowest BCUT2D eigenvalue weighted by Crippen LogP contribution is -2.16. The van der Waals surface area contributed by atoms with Gasteiger partial charge in [-0.1, -0.05) is 59.0 Å². The molecule has 0 heterocycles. The van der Waals surface area contributed by atoms with Gasteiger partial charge >= 0.3 is 5.97 Å². The van der Waals surface area contributed by atoms with Crippen LogP contribution in [0.25, 0.3) is 0 Å². The van der Waals surface area contributed by atoms with Crippen LogP contribution in [0.3, 0.4) is 0 Å². The highest BCUT2D eigenvalue weighted by Gasteiger charge is 2.10. The molecule has 0 fully saturated rings. The number of unbranched alkanes of at least 4 members (excludes halogenated alkanes) is 5. The highest BCUT2D eigenvalue weighted by atomic mass is 16.5. The second-order valence-corrected chi connectivity index (χ2v) is 4.61. The molecule has 0 saturated carbocycles. The summed E-state index contributed by atoms with van der Waals surface area (Å²) >= 11 is 0. The monoisotopic (exact) mass is 240 g/mol. The van der Waals surface area contributed by atoms with E-state index in [1.807, 2.05) is 0 Å². The van der Waals surface area contributed by atoms with E-state index in [0.717, 1.165) is 19.3 Å². The average Bonchev–Trinajstić information content (AvgIpc) is 2.33. The van der Waals surface area contributed by atoms with Gasteiger partial charge in [0.1, 0.15) is 6.10 Å². The van der Waals surface area contributed by atoms with E-state index in [9.17, 15) is 4.79 Å². The van der Waals surface area contributed by atoms with Crippen molar-refractivity contribution in [2.24, 2.45) is 0 Å². The minimum atomic E-state index is -0.283. The summed E-state index contributed by atoms with van der Waals surface area (Å²) in [4.78, 5) is 11.1. The van der Waals surface area contributed by atoms with Gasteiger partial charge in [-0.25, -0.2) is 4.79 Å². The fourth-order valence-electron chi connectivity index (χ4n) is 1.95. The number of carbonyl (C=O) groups excluding carboxylic acids is 1. The van der Waals surface area contributed by atoms with Crippen LogP contribution in [-0.4, -0.2) is 12.1 Å². The van der Waals surface area contributed by atoms with E-state index in [1.165, 1.54) is 44.6 Å². The fraction of sp³-hybridized carbons (Fsp3) is 0.800. The van der Waals surface area contributed by atoms with Crippen LogP contribution in [0.4, 0.5) is 0 Å². The van der Waals surface area contributed by atoms with Crippen LogP contribution in [0, 0.1) is 0 Å². The maximum Gasteiger partial charge on any atom is 0.330 e. The molecule has 2 nitrogen and oxygen atoms in total. The van der Waals surface area contributed by atoms with E-state index in [4.69, 9.17) is 4.74 Å². The van der Waals surface area contributed by atoms with E-state index in [1.54, 1.807) is 0 Å². The molecule has 1 atom stereocenters. The van der Waals surface area contributed by atoms with Crippen molar-refractivity contribution in [3.63, 3.8) is 0 Å². The SMILES string of the molecule is C=CC(=O)OC(CCC)CCCCCCCC. The van der Waals surface area contributed by atoms with Gasteiger partial charge in [-0.3, -0.25) is 0 Å². The standard InChI is InChI=1S/C15H28O2/c1-4-7-8-9-10-11-13-14(12-5-2)17-15(16)6-3/h6,14H,3-5,7-13H2,1-2H3. The van der Waals surface area contributed by atoms with Crippen molar-refractivity contribution in [3.8, 4) is 0 Å². The summed E-state index contributed by atoms with van der Waals surface area (Å²) in [5.41, 5.74) is 0. The lowest BCUT2D eigenvalue weighted by molar-refractivity contribution is -0.143. The van der Waals surface area contributed by atoms with Crippen molar-refractivity contribution in [2.75, 3.05) is 0 Å². The van der Waals surface area contributed by atoms with Crippen LogP contribution in [0.2, 0.25) is 0 Å². The summed E-state index contributed by atoms with van der Waals surface area (Å²) < 4.78 is 5.31. The normalized spacial score (nSPS) is 12.1. The largest absolute Gasteiger partial charge is 0.459 e. The molecule has 0 aliphatic heterocycles. The lowest BCUT2D eigenvalue weighted by Gasteiger charge is -2.16. The zero-order valence-electron chi connectivity index (χ0n) is 11.5. The smallest absolute Gasteiger partial charge is 0.330 e. The first-order valence-corrected chi connectivity index (χ1v) is 7.07. The van der Waals surface area contributed by atoms with Gasteiger partial charge < -0.3 is 4.74 Å². The van der Waals surface area contributed by atoms with E-state index >= 15 is 0 Å². The molecule has 0 bridgehead atoms. The molecule has 1 unspecified atom stereocenters. The zero-order chi connectivity index (χ0) is 12.9. The number of hydrogen-bond donors (Lipinski definition) is 0. The molecule has 100 valence electrons. The Morgan fingerprint density at radius 1 is 1.06 bits per heavy atom. The Kier molecular flexibility index (Phi) is 11.1. The molecule has 17 heavy (non-hydrogen) atoms. The summed E-state index contributed by atoms with van der Waals surface area (Å²) in [7, 11) is 0. The first kappa shape index (κ1) is 16.2. The van der Waals surface area contributed by atoms with E-state index in [0.29, 0.717) is 0 Å². The van der Waals surface area contributed by atoms with Gasteiger partial charge in [0.2, 0.25) is 0 Å². The Morgan fingerprint density at radius 3 is 2.29 bits per heavy atom. The van der Waals surface area contributed by atoms with E-state index < -0.39 is 0 Å². The molecular formula is C15H28O2. The summed E-state index contributed by atoms with van der Waals surface area (Å²) in [5, 5.41) is 0. The third-order valence-corrected chi connectivity index (χ3v) is 2.94. The van der Waals surface area contributed by atoms with Gasteiger partial charge in [-0.15, -0.1) is 0 Å². The van der Waals surface area contributed by atoms with Crippen LogP contribution in [0.5, 0.6) is 0 Å². The number of carbonyl (C=O) groups is 1. The summed E-state index contributed by atoms with van der Waals surface area (Å²) in [5.74, 6) is -0.283. The number of hydrogen-bond acceptors (Lipinski definition) is 2. The fourth-order valence-corrected chi connectivity index (χ4v) is 1.95. The molecule has 0 aromatic carbocycles. The first-order chi connectivity index (χ1) is 8.24. The van der Waals surface area contributed by atoms with Gasteiger partial charge in [0.05, 0.1) is 0 Å². The van der Waals surface area contributed by atoms with Crippen molar-refractivity contribution < 1.29 is 9.53 Å². The van der Waals surface area contributed by atoms with Gasteiger partial charge in [0, 0.05) is 6.08 Å². The third-order valence-electron chi connectivity index (χ3n) is 2.94. The summed E-state index contributed by atoms with van der Waals surface area (Å²) in [6.45, 7) is 7.78. The number of esters is 1. The highest BCUT2D eigenvalue weighted by Crippen LogP contribution is 2.14. The Morgan fingerprint density at radius 2 is 1.71 bits per heavy atom. The van der Waals surface area contributed by atoms with Crippen LogP contribution in [-0.2, 0) is 9.53 Å². The third kappa shape index (κ3) is 10.1. The van der Waals surface area contributed by atoms with Gasteiger partial charge in [-0.2, -0.15) is 0 Å². The van der Waals surface area contributed by atoms with Crippen molar-refractivity contribution in [1.29, 1.82) is 0 Å². The first-order valence-electron chi connectivity index (χ1n) is 7.07. The molecular weight excluding hydrogens is 212 g/mol. The maximum absolute atomic E-state index is 11.1. The second-order valence-electron chi connectivity index (χ2n) is 4.61. The van der Waals surface area contributed by atoms with Crippen LogP contribution >= 0.6 is 0 Å². The Hall–Kier alpha value is -0.790. The minimum Gasteiger partial charge on any atom is -0.459 e. The van der Waals surface area contributed by atoms with Crippen LogP contribution in [0.15, 0.2) is 12.7 Å². The molecule has 0 aliphatic carbocycles. The number of rotatable bonds is 11. The molecule has 0 aromatic rings. The molecule has 0 aliphatic rings. The molecule has 0 rings (SSSR count). The summed E-state index contributed by atoms with van der Waals surface area (Å²) in [6.07, 6.45) is 12.1. The van der Waals surface area contributed by atoms with Crippen molar-refractivity contribution in [2.45, 2.75) is 77.7 Å². The highest BCUT2D eigenvalue weighted by molar-refractivity contribution is 5.81. The molecule has 0 N–H and O–H groups in total. The summed E-state index contributed by atoms with van der Waals surface area (Å²) in [6, 6.07) is 0. The Bertz CT molecular complexity index is 199. The van der Waals surface area contributed by atoms with Crippen molar-refractivity contribution in [1.82, 2.24) is 0 Å². The molecule has 0 saturated heterocycles. The maximum atomic E-state index is 11.1. The molecule has 0 aromatic heterocycles.